The highest BCUT2D eigenvalue weighted by Crippen LogP contribution is 2.31. The van der Waals surface area contributed by atoms with E-state index in [-0.39, 0.29) is 30.7 Å². The van der Waals surface area contributed by atoms with E-state index in [0.717, 1.165) is 51.9 Å². The number of nitrogens with one attached hydrogen (secondary N) is 2. The molecule has 2 N–H and O–H groups in total. The third-order valence-electron chi connectivity index (χ3n) is 6.43. The second-order valence-corrected chi connectivity index (χ2v) is 9.72. The van der Waals surface area contributed by atoms with Crippen molar-refractivity contribution in [1.82, 2.24) is 10.6 Å². The van der Waals surface area contributed by atoms with E-state index < -0.39 is 11.2 Å². The highest BCUT2D eigenvalue weighted by Gasteiger charge is 2.36. The van der Waals surface area contributed by atoms with Crippen LogP contribution in [0.4, 0.5) is 0 Å². The van der Waals surface area contributed by atoms with Crippen LogP contribution in [0.2, 0.25) is 0 Å². The van der Waals surface area contributed by atoms with Crippen molar-refractivity contribution in [3.8, 4) is 0 Å². The zero-order valence-electron chi connectivity index (χ0n) is 18.4. The van der Waals surface area contributed by atoms with Crippen molar-refractivity contribution in [2.45, 2.75) is 84.3 Å². The number of carbonyl (C=O) groups is 2. The molecule has 6 nitrogen and oxygen atoms in total. The van der Waals surface area contributed by atoms with Gasteiger partial charge in [0.1, 0.15) is 11.2 Å². The minimum absolute atomic E-state index is 0.0901. The van der Waals surface area contributed by atoms with Gasteiger partial charge >= 0.3 is 11.9 Å². The predicted molar refractivity (Wildman–Crippen MR) is 110 cm³/mol. The number of carbonyl (C=O) groups excluding carboxylic acids is 2. The van der Waals surface area contributed by atoms with Gasteiger partial charge in [-0.15, -0.1) is 0 Å². The van der Waals surface area contributed by atoms with Crippen LogP contribution < -0.4 is 10.6 Å². The molecular formula is C22H40N2O4. The fourth-order valence-electron chi connectivity index (χ4n) is 4.51. The highest BCUT2D eigenvalue weighted by atomic mass is 16.6. The first-order valence-corrected chi connectivity index (χ1v) is 11.0. The van der Waals surface area contributed by atoms with Gasteiger partial charge in [-0.25, -0.2) is 0 Å². The van der Waals surface area contributed by atoms with Gasteiger partial charge in [0.25, 0.3) is 0 Å². The average molecular weight is 397 g/mol. The quantitative estimate of drug-likeness (QED) is 0.614. The van der Waals surface area contributed by atoms with E-state index in [9.17, 15) is 9.59 Å². The first kappa shape index (κ1) is 23.1. The molecule has 2 aliphatic heterocycles. The van der Waals surface area contributed by atoms with E-state index in [1.807, 2.05) is 34.6 Å². The fraction of sp³-hybridized carbons (Fsp3) is 0.909. The van der Waals surface area contributed by atoms with Gasteiger partial charge in [-0.05, 0) is 85.5 Å². The Labute approximate surface area is 170 Å². The molecule has 162 valence electrons. The van der Waals surface area contributed by atoms with Crippen molar-refractivity contribution in [3.63, 3.8) is 0 Å². The summed E-state index contributed by atoms with van der Waals surface area (Å²) in [5.74, 6) is 0.225. The lowest BCUT2D eigenvalue weighted by atomic mass is 9.83. The predicted octanol–water partition coefficient (Wildman–Crippen LogP) is 3.05. The molecule has 0 amide bonds. The number of hydrogen-bond acceptors (Lipinski definition) is 6. The van der Waals surface area contributed by atoms with Crippen LogP contribution in [0.25, 0.3) is 0 Å². The zero-order valence-corrected chi connectivity index (χ0v) is 18.4. The van der Waals surface area contributed by atoms with E-state index >= 15 is 0 Å². The third kappa shape index (κ3) is 7.03. The second-order valence-electron chi connectivity index (χ2n) is 9.72. The standard InChI is InChI=1S/C22H40N2O4/c1-16(14-19(25)27-21(2,3)17-6-10-23-11-7-17)15-20(26)28-22(4,5)18-8-12-24-13-9-18/h16-18,23-24H,6-15H2,1-5H3. The monoisotopic (exact) mass is 396 g/mol. The van der Waals surface area contributed by atoms with E-state index in [4.69, 9.17) is 9.47 Å². The van der Waals surface area contributed by atoms with Crippen molar-refractivity contribution >= 4 is 11.9 Å². The van der Waals surface area contributed by atoms with Gasteiger partial charge in [-0.3, -0.25) is 9.59 Å². The number of rotatable bonds is 8. The van der Waals surface area contributed by atoms with Gasteiger partial charge in [-0.1, -0.05) is 6.92 Å². The molecule has 0 bridgehead atoms. The summed E-state index contributed by atoms with van der Waals surface area (Å²) in [6, 6.07) is 0. The molecule has 2 fully saturated rings. The minimum Gasteiger partial charge on any atom is -0.459 e. The highest BCUT2D eigenvalue weighted by molar-refractivity contribution is 5.73. The molecule has 2 aliphatic rings. The van der Waals surface area contributed by atoms with Gasteiger partial charge in [0.05, 0.1) is 0 Å². The summed E-state index contributed by atoms with van der Waals surface area (Å²) in [4.78, 5) is 24.9. The molecule has 0 radical (unpaired) electrons. The lowest BCUT2D eigenvalue weighted by molar-refractivity contribution is -0.166. The van der Waals surface area contributed by atoms with Crippen molar-refractivity contribution in [2.75, 3.05) is 26.2 Å². The van der Waals surface area contributed by atoms with Crippen LogP contribution in [0.15, 0.2) is 0 Å². The Morgan fingerprint density at radius 1 is 0.786 bits per heavy atom. The first-order valence-electron chi connectivity index (χ1n) is 11.0. The van der Waals surface area contributed by atoms with Crippen LogP contribution >= 0.6 is 0 Å². The van der Waals surface area contributed by atoms with Crippen LogP contribution in [0.3, 0.4) is 0 Å². The number of hydrogen-bond donors (Lipinski definition) is 2. The molecule has 0 aromatic heterocycles. The summed E-state index contributed by atoms with van der Waals surface area (Å²) in [6.45, 7) is 13.8. The smallest absolute Gasteiger partial charge is 0.306 e. The summed E-state index contributed by atoms with van der Waals surface area (Å²) >= 11 is 0. The normalized spacial score (nSPS) is 20.2. The van der Waals surface area contributed by atoms with Crippen molar-refractivity contribution < 1.29 is 19.1 Å². The summed E-state index contributed by atoms with van der Waals surface area (Å²) in [7, 11) is 0. The Bertz CT molecular complexity index is 475. The summed E-state index contributed by atoms with van der Waals surface area (Å²) < 4.78 is 11.6. The summed E-state index contributed by atoms with van der Waals surface area (Å²) in [5.41, 5.74) is -0.924. The minimum atomic E-state index is -0.462. The van der Waals surface area contributed by atoms with E-state index in [2.05, 4.69) is 10.6 Å². The topological polar surface area (TPSA) is 76.7 Å². The Balaban J connectivity index is 1.76. The van der Waals surface area contributed by atoms with Gasteiger partial charge in [0, 0.05) is 24.7 Å². The van der Waals surface area contributed by atoms with E-state index in [1.165, 1.54) is 0 Å². The molecule has 0 spiro atoms. The largest absolute Gasteiger partial charge is 0.459 e. The van der Waals surface area contributed by atoms with Gasteiger partial charge in [-0.2, -0.15) is 0 Å². The number of esters is 2. The van der Waals surface area contributed by atoms with Gasteiger partial charge in [0.15, 0.2) is 0 Å². The van der Waals surface area contributed by atoms with Crippen molar-refractivity contribution in [3.05, 3.63) is 0 Å². The van der Waals surface area contributed by atoms with Crippen LogP contribution in [0.1, 0.15) is 73.1 Å². The van der Waals surface area contributed by atoms with Crippen molar-refractivity contribution in [2.24, 2.45) is 17.8 Å². The Morgan fingerprint density at radius 2 is 1.11 bits per heavy atom. The Morgan fingerprint density at radius 3 is 1.43 bits per heavy atom. The SMILES string of the molecule is CC(CC(=O)OC(C)(C)C1CCNCC1)CC(=O)OC(C)(C)C1CCNCC1. The Kier molecular flexibility index (Phi) is 8.31. The van der Waals surface area contributed by atoms with Crippen LogP contribution in [-0.4, -0.2) is 49.3 Å². The molecule has 0 atom stereocenters. The van der Waals surface area contributed by atoms with Crippen molar-refractivity contribution in [1.29, 1.82) is 0 Å². The lowest BCUT2D eigenvalue weighted by Crippen LogP contribution is -2.43. The van der Waals surface area contributed by atoms with Gasteiger partial charge < -0.3 is 20.1 Å². The third-order valence-corrected chi connectivity index (χ3v) is 6.43. The first-order chi connectivity index (χ1) is 13.1. The number of piperidine rings is 2. The maximum Gasteiger partial charge on any atom is 0.306 e. The maximum atomic E-state index is 12.4. The van der Waals surface area contributed by atoms with E-state index in [1.54, 1.807) is 0 Å². The van der Waals surface area contributed by atoms with E-state index in [0.29, 0.717) is 11.8 Å². The van der Waals surface area contributed by atoms with Crippen LogP contribution in [0, 0.1) is 17.8 Å². The molecule has 0 unspecified atom stereocenters. The summed E-state index contributed by atoms with van der Waals surface area (Å²) in [5, 5.41) is 6.68. The zero-order chi connectivity index (χ0) is 20.8. The van der Waals surface area contributed by atoms with Gasteiger partial charge in [0.2, 0.25) is 0 Å². The molecule has 0 aromatic carbocycles. The molecule has 28 heavy (non-hydrogen) atoms. The average Bonchev–Trinajstić information content (AvgIpc) is 2.62. The molecule has 2 saturated heterocycles. The number of ether oxygens (including phenoxy) is 2. The molecule has 0 aromatic rings. The molecule has 2 heterocycles. The molecule has 0 aliphatic carbocycles. The molecule has 6 heteroatoms. The van der Waals surface area contributed by atoms with Crippen LogP contribution in [0.5, 0.6) is 0 Å². The molecular weight excluding hydrogens is 356 g/mol. The lowest BCUT2D eigenvalue weighted by Gasteiger charge is -2.37. The fourth-order valence-corrected chi connectivity index (χ4v) is 4.51. The molecule has 0 saturated carbocycles. The molecule has 2 rings (SSSR count). The summed E-state index contributed by atoms with van der Waals surface area (Å²) in [6.07, 6.45) is 4.58. The van der Waals surface area contributed by atoms with Crippen LogP contribution in [-0.2, 0) is 19.1 Å². The second kappa shape index (κ2) is 10.1. The Hall–Kier alpha value is -1.14. The maximum absolute atomic E-state index is 12.4.